The lowest BCUT2D eigenvalue weighted by Crippen LogP contribution is -2.33. The predicted molar refractivity (Wildman–Crippen MR) is 236 cm³/mol. The highest BCUT2D eigenvalue weighted by atomic mass is 16.3. The van der Waals surface area contributed by atoms with Crippen LogP contribution in [0.25, 0.3) is 78.4 Å². The molecule has 8 rings (SSSR count). The Morgan fingerprint density at radius 2 is 1.29 bits per heavy atom. The van der Waals surface area contributed by atoms with Crippen molar-refractivity contribution in [1.82, 2.24) is 9.47 Å². The molecule has 0 saturated carbocycles. The molecule has 0 fully saturated rings. The Balaban J connectivity index is 1.06. The molecule has 3 heteroatoms. The lowest BCUT2D eigenvalue weighted by molar-refractivity contribution is 0.416. The highest BCUT2D eigenvalue weighted by Crippen LogP contribution is 2.37. The van der Waals surface area contributed by atoms with Gasteiger partial charge in [0.1, 0.15) is 11.2 Å². The van der Waals surface area contributed by atoms with E-state index in [9.17, 15) is 0 Å². The van der Waals surface area contributed by atoms with Crippen LogP contribution in [0.5, 0.6) is 0 Å². The van der Waals surface area contributed by atoms with Crippen molar-refractivity contribution in [2.75, 3.05) is 0 Å². The van der Waals surface area contributed by atoms with Gasteiger partial charge in [0.15, 0.2) is 0 Å². The topological polar surface area (TPSA) is 21.3 Å². The van der Waals surface area contributed by atoms with E-state index in [1.807, 2.05) is 42.5 Å². The van der Waals surface area contributed by atoms with Crippen molar-refractivity contribution >= 4 is 61.6 Å². The zero-order chi connectivity index (χ0) is 37.9. The van der Waals surface area contributed by atoms with Gasteiger partial charge in [-0.15, -0.1) is 13.2 Å². The fourth-order valence-corrected chi connectivity index (χ4v) is 7.72. The average Bonchev–Trinajstić information content (AvgIpc) is 3.77. The first-order valence-electron chi connectivity index (χ1n) is 18.8. The van der Waals surface area contributed by atoms with Crippen molar-refractivity contribution in [2.45, 2.75) is 25.3 Å². The Labute approximate surface area is 322 Å². The van der Waals surface area contributed by atoms with Gasteiger partial charge in [0.2, 0.25) is 0 Å². The Hall–Kier alpha value is -6.84. The smallest absolute Gasteiger partial charge is 0.135 e. The fourth-order valence-electron chi connectivity index (χ4n) is 7.72. The SMILES string of the molecule is C=C/C=c1/cccc/c1=C\N(C(=C)CCC(=C)c1ccc(-n2c3ccccc3c3cc(-c4ccc5oc6ccccc6c5c4)ccc32)cc1)C(C=C)CC=C. The van der Waals surface area contributed by atoms with E-state index in [-0.39, 0.29) is 6.04 Å². The second kappa shape index (κ2) is 15.3. The van der Waals surface area contributed by atoms with Gasteiger partial charge in [0.25, 0.3) is 0 Å². The largest absolute Gasteiger partial charge is 0.456 e. The molecule has 55 heavy (non-hydrogen) atoms. The molecule has 0 N–H and O–H groups in total. The molecule has 268 valence electrons. The van der Waals surface area contributed by atoms with E-state index >= 15 is 0 Å². The number of aromatic nitrogens is 1. The second-order valence-electron chi connectivity index (χ2n) is 14.0. The lowest BCUT2D eigenvalue weighted by atomic mass is 10.0. The minimum absolute atomic E-state index is 0.0390. The van der Waals surface area contributed by atoms with Crippen molar-refractivity contribution in [3.8, 4) is 16.8 Å². The Kier molecular flexibility index (Phi) is 9.76. The van der Waals surface area contributed by atoms with Gasteiger partial charge in [-0.2, -0.15) is 0 Å². The average molecular weight is 713 g/mol. The van der Waals surface area contributed by atoms with E-state index in [1.54, 1.807) is 0 Å². The predicted octanol–water partition coefficient (Wildman–Crippen LogP) is 12.5. The quantitative estimate of drug-likeness (QED) is 0.111. The van der Waals surface area contributed by atoms with E-state index in [0.717, 1.165) is 74.2 Å². The third kappa shape index (κ3) is 6.77. The summed E-state index contributed by atoms with van der Waals surface area (Å²) in [5.41, 5.74) is 10.8. The molecule has 8 aromatic rings. The Morgan fingerprint density at radius 3 is 2.05 bits per heavy atom. The van der Waals surface area contributed by atoms with E-state index in [2.05, 4.69) is 164 Å². The lowest BCUT2D eigenvalue weighted by Gasteiger charge is -2.30. The van der Waals surface area contributed by atoms with Crippen LogP contribution >= 0.6 is 0 Å². The van der Waals surface area contributed by atoms with Crippen LogP contribution in [0.3, 0.4) is 0 Å². The van der Waals surface area contributed by atoms with E-state index in [0.29, 0.717) is 0 Å². The first-order valence-corrected chi connectivity index (χ1v) is 18.8. The van der Waals surface area contributed by atoms with Crippen LogP contribution in [0.4, 0.5) is 0 Å². The molecule has 0 aliphatic carbocycles. The molecule has 0 bridgehead atoms. The Morgan fingerprint density at radius 1 is 0.636 bits per heavy atom. The number of allylic oxidation sites excluding steroid dienone is 3. The minimum Gasteiger partial charge on any atom is -0.456 e. The van der Waals surface area contributed by atoms with Gasteiger partial charge in [-0.1, -0.05) is 129 Å². The normalized spacial score (nSPS) is 12.7. The van der Waals surface area contributed by atoms with E-state index < -0.39 is 0 Å². The number of hydrogen-bond acceptors (Lipinski definition) is 2. The molecule has 0 aliphatic rings. The number of rotatable bonds is 13. The highest BCUT2D eigenvalue weighted by Gasteiger charge is 2.17. The monoisotopic (exact) mass is 712 g/mol. The third-order valence-corrected chi connectivity index (χ3v) is 10.6. The van der Waals surface area contributed by atoms with Crippen LogP contribution < -0.4 is 10.4 Å². The molecule has 0 radical (unpaired) electrons. The van der Waals surface area contributed by atoms with Crippen LogP contribution in [0.2, 0.25) is 0 Å². The highest BCUT2D eigenvalue weighted by molar-refractivity contribution is 6.11. The molecule has 0 amide bonds. The van der Waals surface area contributed by atoms with Crippen LogP contribution in [-0.2, 0) is 0 Å². The summed E-state index contributed by atoms with van der Waals surface area (Å²) in [6.45, 7) is 21.1. The summed E-state index contributed by atoms with van der Waals surface area (Å²) in [6.07, 6.45) is 12.2. The molecule has 6 aromatic carbocycles. The molecule has 0 aliphatic heterocycles. The van der Waals surface area contributed by atoms with Crippen LogP contribution in [0.15, 0.2) is 195 Å². The molecule has 3 nitrogen and oxygen atoms in total. The van der Waals surface area contributed by atoms with Gasteiger partial charge in [-0.05, 0) is 100 Å². The standard InChI is InChI=1S/C52H44N2O/c1-6-15-39-17-9-10-18-42(39)35-53(43(8-3)16-7-2)37(5)24-23-36(4)38-25-29-44(30-26-38)54-49-21-13-11-19-45(49)47-33-40(27-31-50(47)54)41-28-32-52-48(34-41)46-20-12-14-22-51(46)55-52/h6-15,17-22,25-35,43H,1-5,16,23-24H2/b39-15-,42-35+. The maximum Gasteiger partial charge on any atom is 0.135 e. The van der Waals surface area contributed by atoms with Crippen LogP contribution in [0.1, 0.15) is 24.8 Å². The summed E-state index contributed by atoms with van der Waals surface area (Å²) in [7, 11) is 0. The first kappa shape index (κ1) is 35.2. The molecule has 0 spiro atoms. The number of benzene rings is 6. The molecular formula is C52H44N2O. The first-order chi connectivity index (χ1) is 27.0. The third-order valence-electron chi connectivity index (χ3n) is 10.6. The molecule has 2 aromatic heterocycles. The summed E-state index contributed by atoms with van der Waals surface area (Å²) < 4.78 is 8.47. The van der Waals surface area contributed by atoms with Gasteiger partial charge in [0, 0.05) is 39.1 Å². The second-order valence-corrected chi connectivity index (χ2v) is 14.0. The molecule has 0 saturated heterocycles. The van der Waals surface area contributed by atoms with E-state index in [4.69, 9.17) is 4.42 Å². The molecule has 2 heterocycles. The van der Waals surface area contributed by atoms with Crippen LogP contribution in [-0.4, -0.2) is 15.5 Å². The Bertz CT molecular complexity index is 2900. The zero-order valence-electron chi connectivity index (χ0n) is 31.1. The summed E-state index contributed by atoms with van der Waals surface area (Å²) in [5, 5.41) is 6.92. The molecular weight excluding hydrogens is 669 g/mol. The van der Waals surface area contributed by atoms with Crippen molar-refractivity contribution in [1.29, 1.82) is 0 Å². The molecule has 1 atom stereocenters. The minimum atomic E-state index is 0.0390. The van der Waals surface area contributed by atoms with Gasteiger partial charge in [-0.3, -0.25) is 0 Å². The number of furan rings is 1. The van der Waals surface area contributed by atoms with Gasteiger partial charge in [-0.25, -0.2) is 0 Å². The molecule has 1 unspecified atom stereocenters. The van der Waals surface area contributed by atoms with Crippen LogP contribution in [0, 0.1) is 0 Å². The zero-order valence-corrected chi connectivity index (χ0v) is 31.1. The number of hydrogen-bond donors (Lipinski definition) is 0. The maximum atomic E-state index is 6.11. The van der Waals surface area contributed by atoms with Gasteiger partial charge in [0.05, 0.1) is 17.1 Å². The van der Waals surface area contributed by atoms with E-state index in [1.165, 1.54) is 32.9 Å². The maximum absolute atomic E-state index is 6.11. The summed E-state index contributed by atoms with van der Waals surface area (Å²) in [6, 6.07) is 47.3. The van der Waals surface area contributed by atoms with Crippen molar-refractivity contribution in [2.24, 2.45) is 0 Å². The number of nitrogens with zero attached hydrogens (tertiary/aromatic N) is 2. The summed E-state index contributed by atoms with van der Waals surface area (Å²) in [5.74, 6) is 0. The van der Waals surface area contributed by atoms with Crippen molar-refractivity contribution in [3.05, 3.63) is 206 Å². The van der Waals surface area contributed by atoms with Gasteiger partial charge < -0.3 is 13.9 Å². The van der Waals surface area contributed by atoms with Gasteiger partial charge >= 0.3 is 0 Å². The fraction of sp³-hybridized carbons (Fsp3) is 0.0769. The number of para-hydroxylation sites is 2. The number of fused-ring (bicyclic) bond motifs is 6. The summed E-state index contributed by atoms with van der Waals surface area (Å²) >= 11 is 0. The van der Waals surface area contributed by atoms with Crippen molar-refractivity contribution < 1.29 is 4.42 Å². The van der Waals surface area contributed by atoms with Crippen molar-refractivity contribution in [3.63, 3.8) is 0 Å². The summed E-state index contributed by atoms with van der Waals surface area (Å²) in [4.78, 5) is 2.23.